The van der Waals surface area contributed by atoms with E-state index in [0.717, 1.165) is 24.3 Å². The SMILES string of the molecule is Cc1cc(C)c(C)c(C(=O)C2CCC(C)CC2)c1C. The molecule has 0 aromatic heterocycles. The van der Waals surface area contributed by atoms with Crippen LogP contribution in [0.4, 0.5) is 0 Å². The quantitative estimate of drug-likeness (QED) is 0.687. The highest BCUT2D eigenvalue weighted by Gasteiger charge is 2.27. The molecule has 0 saturated heterocycles. The molecule has 1 aromatic carbocycles. The summed E-state index contributed by atoms with van der Waals surface area (Å²) in [5, 5.41) is 0. The molecule has 0 spiro atoms. The van der Waals surface area contributed by atoms with Crippen molar-refractivity contribution in [1.82, 2.24) is 0 Å². The van der Waals surface area contributed by atoms with E-state index in [4.69, 9.17) is 0 Å². The Balaban J connectivity index is 2.34. The molecule has 0 unspecified atom stereocenters. The van der Waals surface area contributed by atoms with Crippen LogP contribution in [0.3, 0.4) is 0 Å². The fourth-order valence-corrected chi connectivity index (χ4v) is 3.31. The molecule has 1 nitrogen and oxygen atoms in total. The zero-order valence-electron chi connectivity index (χ0n) is 13.0. The monoisotopic (exact) mass is 258 g/mol. The van der Waals surface area contributed by atoms with Crippen molar-refractivity contribution in [3.8, 4) is 0 Å². The number of Topliss-reactive ketones (excluding diaryl/α,β-unsaturated/α-hetero) is 1. The standard InChI is InChI=1S/C18H26O/c1-11-6-8-16(9-7-11)18(19)17-14(4)12(2)10-13(3)15(17)5/h10-11,16H,6-9H2,1-5H3. The predicted molar refractivity (Wildman–Crippen MR) is 80.8 cm³/mol. The number of carbonyl (C=O) groups is 1. The Morgan fingerprint density at radius 2 is 1.42 bits per heavy atom. The van der Waals surface area contributed by atoms with E-state index in [1.807, 2.05) is 0 Å². The van der Waals surface area contributed by atoms with Crippen molar-refractivity contribution in [2.45, 2.75) is 60.3 Å². The van der Waals surface area contributed by atoms with Crippen molar-refractivity contribution in [2.24, 2.45) is 11.8 Å². The normalized spacial score (nSPS) is 23.4. The third-order valence-electron chi connectivity index (χ3n) is 5.00. The molecule has 1 saturated carbocycles. The fraction of sp³-hybridized carbons (Fsp3) is 0.611. The van der Waals surface area contributed by atoms with Crippen LogP contribution < -0.4 is 0 Å². The summed E-state index contributed by atoms with van der Waals surface area (Å²) in [5.74, 6) is 1.45. The number of rotatable bonds is 2. The number of hydrogen-bond donors (Lipinski definition) is 0. The third kappa shape index (κ3) is 2.75. The van der Waals surface area contributed by atoms with E-state index >= 15 is 0 Å². The topological polar surface area (TPSA) is 17.1 Å². The number of ketones is 1. The average Bonchev–Trinajstić information content (AvgIpc) is 2.37. The van der Waals surface area contributed by atoms with Gasteiger partial charge in [-0.3, -0.25) is 4.79 Å². The molecule has 1 fully saturated rings. The summed E-state index contributed by atoms with van der Waals surface area (Å²) in [5.41, 5.74) is 5.88. The highest BCUT2D eigenvalue weighted by molar-refractivity contribution is 6.01. The Kier molecular flexibility index (Phi) is 4.13. The second-order valence-electron chi connectivity index (χ2n) is 6.46. The molecule has 0 bridgehead atoms. The van der Waals surface area contributed by atoms with Gasteiger partial charge in [0.25, 0.3) is 0 Å². The molecular formula is C18H26O. The van der Waals surface area contributed by atoms with Gasteiger partial charge in [0, 0.05) is 11.5 Å². The Labute approximate surface area is 117 Å². The van der Waals surface area contributed by atoms with Crippen LogP contribution in [0, 0.1) is 39.5 Å². The lowest BCUT2D eigenvalue weighted by molar-refractivity contribution is 0.0874. The van der Waals surface area contributed by atoms with E-state index in [2.05, 4.69) is 40.7 Å². The summed E-state index contributed by atoms with van der Waals surface area (Å²) in [4.78, 5) is 12.9. The minimum atomic E-state index is 0.259. The van der Waals surface area contributed by atoms with Crippen LogP contribution >= 0.6 is 0 Å². The van der Waals surface area contributed by atoms with Gasteiger partial charge in [-0.1, -0.05) is 25.8 Å². The molecule has 19 heavy (non-hydrogen) atoms. The van der Waals surface area contributed by atoms with Gasteiger partial charge in [-0.05, 0) is 68.7 Å². The van der Waals surface area contributed by atoms with E-state index in [0.29, 0.717) is 5.78 Å². The molecule has 2 rings (SSSR count). The smallest absolute Gasteiger partial charge is 0.166 e. The van der Waals surface area contributed by atoms with Crippen LogP contribution in [-0.4, -0.2) is 5.78 Å². The first kappa shape index (κ1) is 14.3. The van der Waals surface area contributed by atoms with Crippen molar-refractivity contribution in [2.75, 3.05) is 0 Å². The first-order valence-corrected chi connectivity index (χ1v) is 7.53. The molecule has 0 radical (unpaired) electrons. The van der Waals surface area contributed by atoms with E-state index in [-0.39, 0.29) is 5.92 Å². The highest BCUT2D eigenvalue weighted by atomic mass is 16.1. The largest absolute Gasteiger partial charge is 0.294 e. The van der Waals surface area contributed by atoms with Gasteiger partial charge < -0.3 is 0 Å². The van der Waals surface area contributed by atoms with Gasteiger partial charge in [-0.2, -0.15) is 0 Å². The van der Waals surface area contributed by atoms with Gasteiger partial charge in [-0.15, -0.1) is 0 Å². The van der Waals surface area contributed by atoms with Gasteiger partial charge in [0.15, 0.2) is 5.78 Å². The maximum absolute atomic E-state index is 12.9. The third-order valence-corrected chi connectivity index (χ3v) is 5.00. The number of carbonyl (C=O) groups excluding carboxylic acids is 1. The maximum atomic E-state index is 12.9. The Morgan fingerprint density at radius 1 is 0.947 bits per heavy atom. The number of aryl methyl sites for hydroxylation is 2. The summed E-state index contributed by atoms with van der Waals surface area (Å²) >= 11 is 0. The minimum absolute atomic E-state index is 0.259. The molecule has 1 aliphatic carbocycles. The van der Waals surface area contributed by atoms with Crippen LogP contribution in [0.5, 0.6) is 0 Å². The molecule has 104 valence electrons. The van der Waals surface area contributed by atoms with E-state index < -0.39 is 0 Å². The first-order valence-electron chi connectivity index (χ1n) is 7.53. The van der Waals surface area contributed by atoms with Crippen molar-refractivity contribution in [3.63, 3.8) is 0 Å². The predicted octanol–water partition coefficient (Wildman–Crippen LogP) is 4.93. The van der Waals surface area contributed by atoms with Gasteiger partial charge in [0.05, 0.1) is 0 Å². The maximum Gasteiger partial charge on any atom is 0.166 e. The molecule has 1 aromatic rings. The number of hydrogen-bond acceptors (Lipinski definition) is 1. The summed E-state index contributed by atoms with van der Waals surface area (Å²) < 4.78 is 0. The molecular weight excluding hydrogens is 232 g/mol. The number of benzene rings is 1. The molecule has 0 amide bonds. The average molecular weight is 258 g/mol. The highest BCUT2D eigenvalue weighted by Crippen LogP contribution is 2.33. The Morgan fingerprint density at radius 3 is 1.89 bits per heavy atom. The van der Waals surface area contributed by atoms with E-state index in [9.17, 15) is 4.79 Å². The zero-order chi connectivity index (χ0) is 14.2. The van der Waals surface area contributed by atoms with Crippen LogP contribution in [-0.2, 0) is 0 Å². The lowest BCUT2D eigenvalue weighted by Crippen LogP contribution is -2.23. The van der Waals surface area contributed by atoms with Crippen LogP contribution in [0.15, 0.2) is 6.07 Å². The molecule has 0 N–H and O–H groups in total. The zero-order valence-corrected chi connectivity index (χ0v) is 13.0. The summed E-state index contributed by atoms with van der Waals surface area (Å²) in [6.07, 6.45) is 4.57. The summed E-state index contributed by atoms with van der Waals surface area (Å²) in [6, 6.07) is 2.20. The van der Waals surface area contributed by atoms with Gasteiger partial charge in [0.2, 0.25) is 0 Å². The molecule has 0 heterocycles. The van der Waals surface area contributed by atoms with Crippen molar-refractivity contribution in [1.29, 1.82) is 0 Å². The second kappa shape index (κ2) is 5.48. The minimum Gasteiger partial charge on any atom is -0.294 e. The molecule has 0 atom stereocenters. The Bertz CT molecular complexity index is 465. The lowest BCUT2D eigenvalue weighted by atomic mass is 9.77. The summed E-state index contributed by atoms with van der Waals surface area (Å²) in [7, 11) is 0. The van der Waals surface area contributed by atoms with Crippen LogP contribution in [0.25, 0.3) is 0 Å². The van der Waals surface area contributed by atoms with Gasteiger partial charge in [-0.25, -0.2) is 0 Å². The lowest BCUT2D eigenvalue weighted by Gasteiger charge is -2.26. The first-order chi connectivity index (χ1) is 8.91. The molecule has 1 aliphatic rings. The molecule has 0 aliphatic heterocycles. The fourth-order valence-electron chi connectivity index (χ4n) is 3.31. The molecule has 1 heteroatoms. The summed E-state index contributed by atoms with van der Waals surface area (Å²) in [6.45, 7) is 10.7. The van der Waals surface area contributed by atoms with Crippen molar-refractivity contribution in [3.05, 3.63) is 33.9 Å². The van der Waals surface area contributed by atoms with Crippen molar-refractivity contribution < 1.29 is 4.79 Å². The van der Waals surface area contributed by atoms with Gasteiger partial charge >= 0.3 is 0 Å². The second-order valence-corrected chi connectivity index (χ2v) is 6.46. The van der Waals surface area contributed by atoms with E-state index in [1.165, 1.54) is 35.1 Å². The van der Waals surface area contributed by atoms with Crippen LogP contribution in [0.2, 0.25) is 0 Å². The Hall–Kier alpha value is -1.11. The van der Waals surface area contributed by atoms with Crippen LogP contribution in [0.1, 0.15) is 65.2 Å². The van der Waals surface area contributed by atoms with Crippen molar-refractivity contribution >= 4 is 5.78 Å². The van der Waals surface area contributed by atoms with E-state index in [1.54, 1.807) is 0 Å². The van der Waals surface area contributed by atoms with Gasteiger partial charge in [0.1, 0.15) is 0 Å².